The number of ether oxygens (including phenoxy) is 2. The Labute approximate surface area is 166 Å². The van der Waals surface area contributed by atoms with Crippen molar-refractivity contribution < 1.29 is 19.3 Å². The molecule has 3 atom stereocenters. The van der Waals surface area contributed by atoms with Crippen molar-refractivity contribution in [2.45, 2.75) is 18.4 Å². The maximum Gasteiger partial charge on any atom is 0.311 e. The normalized spacial score (nSPS) is 21.7. The van der Waals surface area contributed by atoms with Gasteiger partial charge in [-0.3, -0.25) is 20.2 Å². The number of nitrogens with one attached hydrogen (secondary N) is 1. The largest absolute Gasteiger partial charge is 0.494 e. The van der Waals surface area contributed by atoms with E-state index in [1.807, 2.05) is 18.2 Å². The van der Waals surface area contributed by atoms with Crippen LogP contribution in [0.3, 0.4) is 0 Å². The Kier molecular flexibility index (Phi) is 4.57. The smallest absolute Gasteiger partial charge is 0.311 e. The van der Waals surface area contributed by atoms with Crippen LogP contribution in [0.1, 0.15) is 29.5 Å². The van der Waals surface area contributed by atoms with Crippen LogP contribution in [-0.4, -0.2) is 24.1 Å². The van der Waals surface area contributed by atoms with Crippen LogP contribution in [0.25, 0.3) is 0 Å². The average molecular weight is 397 g/mol. The molecule has 1 aliphatic carbocycles. The van der Waals surface area contributed by atoms with Crippen molar-refractivity contribution in [3.63, 3.8) is 0 Å². The van der Waals surface area contributed by atoms with Gasteiger partial charge in [-0.05, 0) is 29.5 Å². The van der Waals surface area contributed by atoms with Gasteiger partial charge in [0.15, 0.2) is 5.75 Å². The summed E-state index contributed by atoms with van der Waals surface area (Å²) in [5.41, 5.74) is 2.10. The van der Waals surface area contributed by atoms with Gasteiger partial charge in [0.1, 0.15) is 5.75 Å². The Balaban J connectivity index is 1.83. The molecule has 1 N–H and O–H groups in total. The molecule has 2 aliphatic rings. The number of rotatable bonds is 5. The summed E-state index contributed by atoms with van der Waals surface area (Å²) in [7, 11) is 2.86. The monoisotopic (exact) mass is 397 g/mol. The second-order valence-corrected chi connectivity index (χ2v) is 7.03. The summed E-state index contributed by atoms with van der Waals surface area (Å²) < 4.78 is 10.5. The molecule has 2 aromatic rings. The third-order valence-corrected chi connectivity index (χ3v) is 5.61. The van der Waals surface area contributed by atoms with E-state index < -0.39 is 9.85 Å². The standard InChI is InChI=1S/C20H19N3O6/c1-28-17-7-6-11(8-16(17)23(26)27)19-14-5-3-4-13(14)15-9-12(22(24)25)10-18(29-2)20(15)21-19/h3-4,6-10,13-14,19,21H,5H2,1-2H3/t13-,14-,19+/m1/s1. The van der Waals surface area contributed by atoms with E-state index in [1.54, 1.807) is 12.1 Å². The van der Waals surface area contributed by atoms with E-state index in [4.69, 9.17) is 9.47 Å². The van der Waals surface area contributed by atoms with Crippen LogP contribution in [0.4, 0.5) is 17.1 Å². The summed E-state index contributed by atoms with van der Waals surface area (Å²) in [5.74, 6) is 0.596. The second-order valence-electron chi connectivity index (χ2n) is 7.03. The van der Waals surface area contributed by atoms with Crippen molar-refractivity contribution in [3.05, 3.63) is 73.8 Å². The Morgan fingerprint density at radius 3 is 2.45 bits per heavy atom. The minimum Gasteiger partial charge on any atom is -0.494 e. The number of non-ortho nitro benzene ring substituents is 1. The summed E-state index contributed by atoms with van der Waals surface area (Å²) >= 11 is 0. The molecule has 2 aromatic carbocycles. The van der Waals surface area contributed by atoms with E-state index in [0.717, 1.165) is 17.5 Å². The van der Waals surface area contributed by atoms with Crippen LogP contribution in [0.2, 0.25) is 0 Å². The molecule has 0 aromatic heterocycles. The molecular weight excluding hydrogens is 378 g/mol. The number of nitro benzene ring substituents is 2. The summed E-state index contributed by atoms with van der Waals surface area (Å²) in [4.78, 5) is 21.9. The molecule has 150 valence electrons. The summed E-state index contributed by atoms with van der Waals surface area (Å²) in [6, 6.07) is 7.66. The molecule has 9 nitrogen and oxygen atoms in total. The summed E-state index contributed by atoms with van der Waals surface area (Å²) in [6.45, 7) is 0. The lowest BCUT2D eigenvalue weighted by molar-refractivity contribution is -0.385. The predicted octanol–water partition coefficient (Wildman–Crippen LogP) is 4.35. The average Bonchev–Trinajstić information content (AvgIpc) is 3.21. The summed E-state index contributed by atoms with van der Waals surface area (Å²) in [5, 5.41) is 26.2. The number of methoxy groups -OCH3 is 2. The Hall–Kier alpha value is -3.62. The molecule has 0 spiro atoms. The van der Waals surface area contributed by atoms with Gasteiger partial charge in [0.25, 0.3) is 5.69 Å². The van der Waals surface area contributed by atoms with Gasteiger partial charge in [-0.1, -0.05) is 18.2 Å². The molecule has 9 heteroatoms. The van der Waals surface area contributed by atoms with Crippen LogP contribution >= 0.6 is 0 Å². The highest BCUT2D eigenvalue weighted by atomic mass is 16.6. The topological polar surface area (TPSA) is 117 Å². The fourth-order valence-electron chi connectivity index (χ4n) is 4.29. The maximum atomic E-state index is 11.5. The van der Waals surface area contributed by atoms with Crippen molar-refractivity contribution in [2.24, 2.45) is 5.92 Å². The van der Waals surface area contributed by atoms with Crippen molar-refractivity contribution in [1.82, 2.24) is 0 Å². The Bertz CT molecular complexity index is 1040. The quantitative estimate of drug-likeness (QED) is 0.453. The molecule has 29 heavy (non-hydrogen) atoms. The number of hydrogen-bond donors (Lipinski definition) is 1. The van der Waals surface area contributed by atoms with Crippen LogP contribution in [0.15, 0.2) is 42.5 Å². The molecule has 0 unspecified atom stereocenters. The lowest BCUT2D eigenvalue weighted by Gasteiger charge is -2.38. The zero-order valence-corrected chi connectivity index (χ0v) is 15.8. The maximum absolute atomic E-state index is 11.5. The van der Waals surface area contributed by atoms with Crippen LogP contribution in [0.5, 0.6) is 11.5 Å². The number of allylic oxidation sites excluding steroid dienone is 2. The molecule has 0 saturated heterocycles. The number of nitrogens with zero attached hydrogens (tertiary/aromatic N) is 2. The van der Waals surface area contributed by atoms with E-state index in [0.29, 0.717) is 11.4 Å². The number of benzene rings is 2. The molecule has 1 heterocycles. The highest BCUT2D eigenvalue weighted by Crippen LogP contribution is 2.53. The molecule has 0 radical (unpaired) electrons. The minimum absolute atomic E-state index is 0.0278. The third kappa shape index (κ3) is 3.04. The SMILES string of the molecule is COc1ccc([C@@H]2Nc3c(OC)cc([N+](=O)[O-])cc3[C@@H]3C=CC[C@H]32)cc1[N+](=O)[O-]. The van der Waals surface area contributed by atoms with E-state index >= 15 is 0 Å². The fraction of sp³-hybridized carbons (Fsp3) is 0.300. The number of hydrogen-bond acceptors (Lipinski definition) is 7. The Morgan fingerprint density at radius 2 is 1.79 bits per heavy atom. The first kappa shape index (κ1) is 18.7. The first-order chi connectivity index (χ1) is 13.9. The van der Waals surface area contributed by atoms with Gasteiger partial charge in [-0.15, -0.1) is 0 Å². The predicted molar refractivity (Wildman–Crippen MR) is 106 cm³/mol. The fourth-order valence-corrected chi connectivity index (χ4v) is 4.29. The minimum atomic E-state index is -0.465. The number of nitro groups is 2. The third-order valence-electron chi connectivity index (χ3n) is 5.61. The van der Waals surface area contributed by atoms with E-state index in [1.165, 1.54) is 26.4 Å². The molecule has 4 rings (SSSR count). The second kappa shape index (κ2) is 7.08. The van der Waals surface area contributed by atoms with Gasteiger partial charge in [0, 0.05) is 18.1 Å². The summed E-state index contributed by atoms with van der Waals surface area (Å²) in [6.07, 6.45) is 4.84. The van der Waals surface area contributed by atoms with E-state index in [2.05, 4.69) is 5.32 Å². The van der Waals surface area contributed by atoms with Crippen LogP contribution < -0.4 is 14.8 Å². The molecule has 0 fully saturated rings. The van der Waals surface area contributed by atoms with Gasteiger partial charge in [0.05, 0.1) is 41.9 Å². The highest BCUT2D eigenvalue weighted by molar-refractivity contribution is 5.71. The number of fused-ring (bicyclic) bond motifs is 3. The van der Waals surface area contributed by atoms with Crippen LogP contribution in [-0.2, 0) is 0 Å². The molecule has 0 amide bonds. The first-order valence-electron chi connectivity index (χ1n) is 9.06. The molecule has 0 saturated carbocycles. The van der Waals surface area contributed by atoms with E-state index in [9.17, 15) is 20.2 Å². The Morgan fingerprint density at radius 1 is 1.03 bits per heavy atom. The van der Waals surface area contributed by atoms with Gasteiger partial charge in [-0.25, -0.2) is 0 Å². The van der Waals surface area contributed by atoms with Gasteiger partial charge < -0.3 is 14.8 Å². The molecule has 1 aliphatic heterocycles. The zero-order chi connectivity index (χ0) is 20.7. The van der Waals surface area contributed by atoms with Crippen molar-refractivity contribution in [1.29, 1.82) is 0 Å². The molecule has 0 bridgehead atoms. The van der Waals surface area contributed by atoms with Gasteiger partial charge >= 0.3 is 5.69 Å². The van der Waals surface area contributed by atoms with Crippen molar-refractivity contribution in [2.75, 3.05) is 19.5 Å². The highest BCUT2D eigenvalue weighted by Gasteiger charge is 2.40. The lowest BCUT2D eigenvalue weighted by atomic mass is 9.76. The lowest BCUT2D eigenvalue weighted by Crippen LogP contribution is -2.29. The molecular formula is C20H19N3O6. The van der Waals surface area contributed by atoms with Crippen LogP contribution in [0, 0.1) is 26.1 Å². The first-order valence-corrected chi connectivity index (χ1v) is 9.06. The van der Waals surface area contributed by atoms with Gasteiger partial charge in [0.2, 0.25) is 0 Å². The van der Waals surface area contributed by atoms with Crippen molar-refractivity contribution >= 4 is 17.1 Å². The van der Waals surface area contributed by atoms with E-state index in [-0.39, 0.29) is 35.0 Å². The van der Waals surface area contributed by atoms with Crippen molar-refractivity contribution in [3.8, 4) is 11.5 Å². The van der Waals surface area contributed by atoms with Gasteiger partial charge in [-0.2, -0.15) is 0 Å². The number of anilines is 1. The zero-order valence-electron chi connectivity index (χ0n) is 15.8.